The van der Waals surface area contributed by atoms with Crippen molar-refractivity contribution in [3.05, 3.63) is 73.0 Å². The first-order chi connectivity index (χ1) is 11.2. The molecule has 2 heterocycles. The van der Waals surface area contributed by atoms with E-state index in [-0.39, 0.29) is 0 Å². The van der Waals surface area contributed by atoms with E-state index in [2.05, 4.69) is 56.9 Å². The van der Waals surface area contributed by atoms with Gasteiger partial charge < -0.3 is 4.90 Å². The molecule has 0 spiro atoms. The lowest BCUT2D eigenvalue weighted by molar-refractivity contribution is 0.886. The van der Waals surface area contributed by atoms with Crippen LogP contribution < -0.4 is 4.90 Å². The van der Waals surface area contributed by atoms with Crippen molar-refractivity contribution >= 4 is 20.7 Å². The number of likely N-dealkylation sites (N-methyl/N-ethyl adjacent to an activating group) is 1. The van der Waals surface area contributed by atoms with E-state index in [0.29, 0.717) is 0 Å². The number of fused-ring (bicyclic) bond motifs is 3. The summed E-state index contributed by atoms with van der Waals surface area (Å²) in [4.78, 5) is 2.21. The predicted molar refractivity (Wildman–Crippen MR) is 100 cm³/mol. The highest BCUT2D eigenvalue weighted by molar-refractivity contribution is 7.14. The van der Waals surface area contributed by atoms with Gasteiger partial charge in [-0.2, -0.15) is 0 Å². The number of hydrogen-bond donors (Lipinski definition) is 0. The molecular formula is C18H19N4P. The maximum atomic E-state index is 4.40. The Kier molecular flexibility index (Phi) is 4.26. The molecule has 1 aromatic heterocycles. The fourth-order valence-corrected chi connectivity index (χ4v) is 3.21. The number of hydrogen-bond acceptors (Lipinski definition) is 3. The van der Waals surface area contributed by atoms with Crippen molar-refractivity contribution < 1.29 is 0 Å². The number of nitrogens with zero attached hydrogens (tertiary/aromatic N) is 4. The number of aromatic nitrogens is 3. The summed E-state index contributed by atoms with van der Waals surface area (Å²) >= 11 is 0. The normalized spacial score (nSPS) is 17.4. The molecule has 1 atom stereocenters. The van der Waals surface area contributed by atoms with E-state index in [1.807, 2.05) is 30.4 Å². The fourth-order valence-electron chi connectivity index (χ4n) is 2.90. The van der Waals surface area contributed by atoms with Crippen LogP contribution in [0.4, 0.5) is 5.69 Å². The second kappa shape index (κ2) is 6.35. The Hall–Kier alpha value is -2.45. The van der Waals surface area contributed by atoms with Crippen LogP contribution in [0, 0.1) is 0 Å². The van der Waals surface area contributed by atoms with E-state index in [9.17, 15) is 0 Å². The Morgan fingerprint density at radius 3 is 2.65 bits per heavy atom. The Morgan fingerprint density at radius 1 is 1.17 bits per heavy atom. The van der Waals surface area contributed by atoms with Gasteiger partial charge in [-0.15, -0.1) is 5.10 Å². The molecule has 0 bridgehead atoms. The molecule has 0 amide bonds. The van der Waals surface area contributed by atoms with Crippen LogP contribution in [-0.4, -0.2) is 28.4 Å². The van der Waals surface area contributed by atoms with Crippen molar-refractivity contribution in [3.8, 4) is 11.3 Å². The third kappa shape index (κ3) is 2.66. The summed E-state index contributed by atoms with van der Waals surface area (Å²) in [5, 5.41) is 8.61. The van der Waals surface area contributed by atoms with E-state index < -0.39 is 0 Å². The zero-order chi connectivity index (χ0) is 16.4. The SMILES string of the molecule is C=C/C=C1/CN(C)c2ccccc2-c2nnn(P)c2/C1=C/C=C. The molecule has 0 saturated heterocycles. The van der Waals surface area contributed by atoms with Gasteiger partial charge in [0.2, 0.25) is 0 Å². The lowest BCUT2D eigenvalue weighted by Gasteiger charge is -2.27. The number of rotatable bonds is 2. The van der Waals surface area contributed by atoms with Crippen LogP contribution in [0.2, 0.25) is 0 Å². The monoisotopic (exact) mass is 322 g/mol. The van der Waals surface area contributed by atoms with Gasteiger partial charge in [-0.3, -0.25) is 0 Å². The third-order valence-corrected chi connectivity index (χ3v) is 4.24. The molecule has 0 saturated carbocycles. The smallest absolute Gasteiger partial charge is 0.123 e. The summed E-state index contributed by atoms with van der Waals surface area (Å²) in [5.41, 5.74) is 6.23. The molecule has 5 heteroatoms. The molecule has 0 fully saturated rings. The largest absolute Gasteiger partial charge is 0.370 e. The fraction of sp³-hybridized carbons (Fsp3) is 0.111. The standard InChI is InChI=1S/C18H19N4P/c1-4-8-13-12-21(3)16-11-7-6-10-15(16)17-18(14(13)9-5-2)22(23)20-19-17/h4-11H,1-2,12,23H2,3H3/b13-8-,14-9+. The Morgan fingerprint density at radius 2 is 1.91 bits per heavy atom. The molecule has 1 aromatic carbocycles. The molecule has 0 N–H and O–H groups in total. The Labute approximate surface area is 138 Å². The highest BCUT2D eigenvalue weighted by Gasteiger charge is 2.25. The minimum atomic E-state index is 0.762. The van der Waals surface area contributed by atoms with Crippen LogP contribution in [0.5, 0.6) is 0 Å². The van der Waals surface area contributed by atoms with Gasteiger partial charge in [-0.05, 0) is 21.0 Å². The van der Waals surface area contributed by atoms with Gasteiger partial charge in [0.1, 0.15) is 11.4 Å². The summed E-state index contributed by atoms with van der Waals surface area (Å²) in [7, 11) is 4.69. The lowest BCUT2D eigenvalue weighted by atomic mass is 9.94. The Balaban J connectivity index is 2.37. The van der Waals surface area contributed by atoms with Crippen molar-refractivity contribution in [3.63, 3.8) is 0 Å². The van der Waals surface area contributed by atoms with E-state index in [0.717, 1.165) is 40.3 Å². The first-order valence-electron chi connectivity index (χ1n) is 7.33. The zero-order valence-electron chi connectivity index (χ0n) is 13.1. The maximum absolute atomic E-state index is 4.40. The van der Waals surface area contributed by atoms with Crippen LogP contribution in [0.25, 0.3) is 16.8 Å². The molecule has 2 aromatic rings. The number of anilines is 1. The van der Waals surface area contributed by atoms with E-state index >= 15 is 0 Å². The van der Waals surface area contributed by atoms with Gasteiger partial charge in [-0.25, -0.2) is 4.45 Å². The average molecular weight is 322 g/mol. The van der Waals surface area contributed by atoms with Gasteiger partial charge >= 0.3 is 0 Å². The van der Waals surface area contributed by atoms with Gasteiger partial charge in [-0.1, -0.05) is 60.9 Å². The summed E-state index contributed by atoms with van der Waals surface area (Å²) in [6, 6.07) is 8.25. The van der Waals surface area contributed by atoms with Gasteiger partial charge in [0.05, 0.1) is 0 Å². The quantitative estimate of drug-likeness (QED) is 0.790. The number of para-hydroxylation sites is 1. The first kappa shape index (κ1) is 15.4. The summed E-state index contributed by atoms with van der Waals surface area (Å²) in [5.74, 6) is 0. The minimum absolute atomic E-state index is 0.762. The second-order valence-electron chi connectivity index (χ2n) is 5.35. The van der Waals surface area contributed by atoms with Crippen LogP contribution in [0.15, 0.2) is 67.3 Å². The topological polar surface area (TPSA) is 34.0 Å². The first-order valence-corrected chi connectivity index (χ1v) is 7.85. The highest BCUT2D eigenvalue weighted by Crippen LogP contribution is 2.39. The maximum Gasteiger partial charge on any atom is 0.123 e. The summed E-state index contributed by atoms with van der Waals surface area (Å²) < 4.78 is 1.74. The van der Waals surface area contributed by atoms with Crippen LogP contribution in [0.3, 0.4) is 0 Å². The summed E-state index contributed by atoms with van der Waals surface area (Å²) in [6.07, 6.45) is 7.63. The zero-order valence-corrected chi connectivity index (χ0v) is 14.3. The number of benzene rings is 1. The molecule has 4 nitrogen and oxygen atoms in total. The van der Waals surface area contributed by atoms with E-state index in [1.165, 1.54) is 0 Å². The van der Waals surface area contributed by atoms with Crippen molar-refractivity contribution in [1.82, 2.24) is 14.8 Å². The van der Waals surface area contributed by atoms with Crippen molar-refractivity contribution in [2.45, 2.75) is 0 Å². The number of allylic oxidation sites excluding steroid dienone is 4. The predicted octanol–water partition coefficient (Wildman–Crippen LogP) is 3.71. The Bertz CT molecular complexity index is 829. The van der Waals surface area contributed by atoms with Crippen molar-refractivity contribution in [2.24, 2.45) is 0 Å². The molecule has 1 unspecified atom stereocenters. The molecule has 1 aliphatic rings. The van der Waals surface area contributed by atoms with Gasteiger partial charge in [0, 0.05) is 30.4 Å². The molecule has 0 radical (unpaired) electrons. The average Bonchev–Trinajstić information content (AvgIpc) is 2.92. The van der Waals surface area contributed by atoms with E-state index in [1.54, 1.807) is 10.5 Å². The molecule has 23 heavy (non-hydrogen) atoms. The summed E-state index contributed by atoms with van der Waals surface area (Å²) in [6.45, 7) is 8.46. The van der Waals surface area contributed by atoms with Crippen LogP contribution in [0.1, 0.15) is 5.69 Å². The van der Waals surface area contributed by atoms with Gasteiger partial charge in [0.25, 0.3) is 0 Å². The second-order valence-corrected chi connectivity index (χ2v) is 5.84. The van der Waals surface area contributed by atoms with Gasteiger partial charge in [0.15, 0.2) is 0 Å². The van der Waals surface area contributed by atoms with Crippen LogP contribution in [-0.2, 0) is 0 Å². The molecule has 1 aliphatic heterocycles. The van der Waals surface area contributed by atoms with Crippen molar-refractivity contribution in [2.75, 3.05) is 18.5 Å². The molecule has 3 rings (SSSR count). The molecule has 116 valence electrons. The van der Waals surface area contributed by atoms with Crippen molar-refractivity contribution in [1.29, 1.82) is 0 Å². The minimum Gasteiger partial charge on any atom is -0.370 e. The molecular weight excluding hydrogens is 303 g/mol. The van der Waals surface area contributed by atoms with Crippen LogP contribution >= 0.6 is 9.39 Å². The highest BCUT2D eigenvalue weighted by atomic mass is 31.0. The lowest BCUT2D eigenvalue weighted by Crippen LogP contribution is -2.23. The van der Waals surface area contributed by atoms with E-state index in [4.69, 9.17) is 0 Å². The molecule has 0 aliphatic carbocycles. The third-order valence-electron chi connectivity index (χ3n) is 3.88.